The van der Waals surface area contributed by atoms with Crippen LogP contribution in [0, 0.1) is 0 Å². The molecule has 0 aliphatic rings. The van der Waals surface area contributed by atoms with E-state index in [0.29, 0.717) is 5.92 Å². The van der Waals surface area contributed by atoms with Gasteiger partial charge in [-0.15, -0.1) is 0 Å². The van der Waals surface area contributed by atoms with Crippen LogP contribution in [0.4, 0.5) is 5.69 Å². The zero-order valence-corrected chi connectivity index (χ0v) is 13.4. The van der Waals surface area contributed by atoms with Gasteiger partial charge in [0.2, 0.25) is 0 Å². The number of hydrogen-bond acceptors (Lipinski definition) is 2. The number of nitrogens with zero attached hydrogens (tertiary/aromatic N) is 2. The molecule has 0 saturated heterocycles. The van der Waals surface area contributed by atoms with E-state index >= 15 is 0 Å². The lowest BCUT2D eigenvalue weighted by molar-refractivity contribution is 0.858. The first-order chi connectivity index (χ1) is 10.2. The highest BCUT2D eigenvalue weighted by atomic mass is 14.8. The third-order valence-corrected chi connectivity index (χ3v) is 3.70. The molecule has 0 spiro atoms. The Bertz CT molecular complexity index is 613. The van der Waals surface area contributed by atoms with Crippen LogP contribution in [0.2, 0.25) is 0 Å². The fourth-order valence-electron chi connectivity index (χ4n) is 2.44. The largest absolute Gasteiger partial charge is 0.255 e. The number of aryl methyl sites for hydroxylation is 2. The van der Waals surface area contributed by atoms with Crippen LogP contribution >= 0.6 is 0 Å². The molecule has 110 valence electrons. The number of benzene rings is 1. The van der Waals surface area contributed by atoms with E-state index in [1.807, 2.05) is 24.4 Å². The molecule has 0 saturated carbocycles. The van der Waals surface area contributed by atoms with Crippen molar-refractivity contribution in [3.8, 4) is 0 Å². The average Bonchev–Trinajstić information content (AvgIpc) is 2.52. The molecule has 0 radical (unpaired) electrons. The Morgan fingerprint density at radius 3 is 2.52 bits per heavy atom. The Hall–Kier alpha value is -1.96. The van der Waals surface area contributed by atoms with Crippen molar-refractivity contribution in [3.63, 3.8) is 0 Å². The number of pyridine rings is 1. The summed E-state index contributed by atoms with van der Waals surface area (Å²) in [7, 11) is 0. The third kappa shape index (κ3) is 3.78. The van der Waals surface area contributed by atoms with Crippen molar-refractivity contribution in [2.45, 2.75) is 46.5 Å². The summed E-state index contributed by atoms with van der Waals surface area (Å²) in [5.41, 5.74) is 6.07. The fraction of sp³-hybridized carbons (Fsp3) is 0.368. The zero-order valence-electron chi connectivity index (χ0n) is 13.4. The van der Waals surface area contributed by atoms with Gasteiger partial charge in [0.1, 0.15) is 0 Å². The second-order valence-electron chi connectivity index (χ2n) is 5.57. The Balaban J connectivity index is 2.48. The maximum absolute atomic E-state index is 4.76. The average molecular weight is 280 g/mol. The van der Waals surface area contributed by atoms with Gasteiger partial charge in [0.25, 0.3) is 0 Å². The first kappa shape index (κ1) is 15.4. The molecule has 0 bridgehead atoms. The summed E-state index contributed by atoms with van der Waals surface area (Å²) < 4.78 is 0. The normalized spacial score (nSPS) is 11.5. The standard InChI is InChI=1S/C19H24N2/c1-5-15-11-16(6-2)19(18(12-15)14(3)4)21-13-17-9-7-8-10-20-17/h7-14H,5-6H2,1-4H3. The first-order valence-corrected chi connectivity index (χ1v) is 7.76. The topological polar surface area (TPSA) is 25.2 Å². The molecule has 2 rings (SSSR count). The zero-order chi connectivity index (χ0) is 15.2. The fourth-order valence-corrected chi connectivity index (χ4v) is 2.44. The Kier molecular flexibility index (Phi) is 5.26. The highest BCUT2D eigenvalue weighted by Gasteiger charge is 2.11. The number of aromatic nitrogens is 1. The quantitative estimate of drug-likeness (QED) is 0.701. The van der Waals surface area contributed by atoms with Crippen LogP contribution in [0.1, 0.15) is 56.0 Å². The molecule has 1 aromatic carbocycles. The van der Waals surface area contributed by atoms with Crippen molar-refractivity contribution in [3.05, 3.63) is 58.9 Å². The predicted molar refractivity (Wildman–Crippen MR) is 90.8 cm³/mol. The molecule has 2 nitrogen and oxygen atoms in total. The van der Waals surface area contributed by atoms with E-state index < -0.39 is 0 Å². The number of hydrogen-bond donors (Lipinski definition) is 0. The second-order valence-corrected chi connectivity index (χ2v) is 5.57. The molecule has 0 amide bonds. The van der Waals surface area contributed by atoms with Gasteiger partial charge < -0.3 is 0 Å². The highest BCUT2D eigenvalue weighted by molar-refractivity contribution is 5.80. The first-order valence-electron chi connectivity index (χ1n) is 7.76. The molecule has 1 heterocycles. The van der Waals surface area contributed by atoms with Gasteiger partial charge in [-0.1, -0.05) is 45.9 Å². The van der Waals surface area contributed by atoms with Crippen molar-refractivity contribution in [2.24, 2.45) is 4.99 Å². The Morgan fingerprint density at radius 1 is 1.14 bits per heavy atom. The summed E-state index contributed by atoms with van der Waals surface area (Å²) in [4.78, 5) is 9.06. The van der Waals surface area contributed by atoms with Crippen LogP contribution in [-0.2, 0) is 12.8 Å². The summed E-state index contributed by atoms with van der Waals surface area (Å²) in [6.45, 7) is 8.86. The molecule has 2 heteroatoms. The maximum atomic E-state index is 4.76. The minimum atomic E-state index is 0.470. The molecule has 0 aliphatic heterocycles. The van der Waals surface area contributed by atoms with Crippen molar-refractivity contribution < 1.29 is 0 Å². The van der Waals surface area contributed by atoms with Gasteiger partial charge in [-0.2, -0.15) is 0 Å². The maximum Gasteiger partial charge on any atom is 0.0812 e. The summed E-state index contributed by atoms with van der Waals surface area (Å²) in [6.07, 6.45) is 5.73. The monoisotopic (exact) mass is 280 g/mol. The van der Waals surface area contributed by atoms with Crippen LogP contribution in [-0.4, -0.2) is 11.2 Å². The summed E-state index contributed by atoms with van der Waals surface area (Å²) >= 11 is 0. The van der Waals surface area contributed by atoms with E-state index in [1.54, 1.807) is 6.20 Å². The van der Waals surface area contributed by atoms with Crippen molar-refractivity contribution >= 4 is 11.9 Å². The summed E-state index contributed by atoms with van der Waals surface area (Å²) in [5, 5.41) is 0. The van der Waals surface area contributed by atoms with E-state index in [0.717, 1.165) is 24.2 Å². The SMILES string of the molecule is CCc1cc(CC)c(N=Cc2ccccn2)c(C(C)C)c1. The lowest BCUT2D eigenvalue weighted by atomic mass is 9.93. The minimum absolute atomic E-state index is 0.470. The molecule has 0 fully saturated rings. The molecule has 0 N–H and O–H groups in total. The van der Waals surface area contributed by atoms with Gasteiger partial charge in [-0.05, 0) is 47.6 Å². The van der Waals surface area contributed by atoms with E-state index in [1.165, 1.54) is 16.7 Å². The summed E-state index contributed by atoms with van der Waals surface area (Å²) in [5.74, 6) is 0.470. The Morgan fingerprint density at radius 2 is 1.95 bits per heavy atom. The van der Waals surface area contributed by atoms with Gasteiger partial charge in [0, 0.05) is 6.20 Å². The van der Waals surface area contributed by atoms with E-state index in [4.69, 9.17) is 4.99 Å². The van der Waals surface area contributed by atoms with Gasteiger partial charge in [-0.3, -0.25) is 9.98 Å². The van der Waals surface area contributed by atoms with E-state index in [9.17, 15) is 0 Å². The van der Waals surface area contributed by atoms with Crippen molar-refractivity contribution in [2.75, 3.05) is 0 Å². The van der Waals surface area contributed by atoms with E-state index in [-0.39, 0.29) is 0 Å². The smallest absolute Gasteiger partial charge is 0.0812 e. The van der Waals surface area contributed by atoms with Crippen molar-refractivity contribution in [1.29, 1.82) is 0 Å². The highest BCUT2D eigenvalue weighted by Crippen LogP contribution is 2.32. The predicted octanol–water partition coefficient (Wildman–Crippen LogP) is 5.08. The molecule has 0 atom stereocenters. The molecular weight excluding hydrogens is 256 g/mol. The van der Waals surface area contributed by atoms with Crippen LogP contribution in [0.15, 0.2) is 41.5 Å². The lowest BCUT2D eigenvalue weighted by Crippen LogP contribution is -1.97. The van der Waals surface area contributed by atoms with Gasteiger partial charge in [0.05, 0.1) is 17.6 Å². The van der Waals surface area contributed by atoms with Crippen molar-refractivity contribution in [1.82, 2.24) is 4.98 Å². The molecule has 21 heavy (non-hydrogen) atoms. The van der Waals surface area contributed by atoms with Crippen LogP contribution < -0.4 is 0 Å². The molecular formula is C19H24N2. The van der Waals surface area contributed by atoms with E-state index in [2.05, 4.69) is 44.8 Å². The number of rotatable bonds is 5. The molecule has 0 unspecified atom stereocenters. The molecule has 2 aromatic rings. The lowest BCUT2D eigenvalue weighted by Gasteiger charge is -2.15. The van der Waals surface area contributed by atoms with Gasteiger partial charge >= 0.3 is 0 Å². The van der Waals surface area contributed by atoms with Gasteiger partial charge in [-0.25, -0.2) is 0 Å². The minimum Gasteiger partial charge on any atom is -0.255 e. The third-order valence-electron chi connectivity index (χ3n) is 3.70. The molecule has 0 aliphatic carbocycles. The summed E-state index contributed by atoms with van der Waals surface area (Å²) in [6, 6.07) is 10.5. The van der Waals surface area contributed by atoms with Crippen LogP contribution in [0.25, 0.3) is 0 Å². The molecule has 1 aromatic heterocycles. The number of aliphatic imine (C=N–C) groups is 1. The van der Waals surface area contributed by atoms with Crippen LogP contribution in [0.3, 0.4) is 0 Å². The second kappa shape index (κ2) is 7.16. The van der Waals surface area contributed by atoms with Crippen LogP contribution in [0.5, 0.6) is 0 Å². The van der Waals surface area contributed by atoms with Gasteiger partial charge in [0.15, 0.2) is 0 Å². The Labute approximate surface area is 128 Å².